The fraction of sp³-hybridized carbons (Fsp3) is 0.923. The summed E-state index contributed by atoms with van der Waals surface area (Å²) in [6, 6.07) is 0. The highest BCUT2D eigenvalue weighted by molar-refractivity contribution is 5.78. The van der Waals surface area contributed by atoms with Crippen molar-refractivity contribution in [2.45, 2.75) is 63.0 Å². The third-order valence-corrected chi connectivity index (χ3v) is 4.21. The second kappa shape index (κ2) is 5.36. The van der Waals surface area contributed by atoms with Crippen LogP contribution in [0.4, 0.5) is 0 Å². The number of ether oxygens (including phenoxy) is 1. The van der Waals surface area contributed by atoms with Gasteiger partial charge in [0.2, 0.25) is 0 Å². The van der Waals surface area contributed by atoms with Gasteiger partial charge in [0.1, 0.15) is 5.54 Å². The van der Waals surface area contributed by atoms with Gasteiger partial charge in [0.15, 0.2) is 0 Å². The van der Waals surface area contributed by atoms with Gasteiger partial charge < -0.3 is 15.6 Å². The Morgan fingerprint density at radius 3 is 2.65 bits per heavy atom. The number of carboxylic acids is 1. The van der Waals surface area contributed by atoms with Gasteiger partial charge in [-0.3, -0.25) is 4.79 Å². The zero-order valence-electron chi connectivity index (χ0n) is 10.4. The van der Waals surface area contributed by atoms with Crippen molar-refractivity contribution in [3.8, 4) is 0 Å². The van der Waals surface area contributed by atoms with Gasteiger partial charge in [-0.25, -0.2) is 0 Å². The van der Waals surface area contributed by atoms with Crippen LogP contribution in [-0.2, 0) is 9.53 Å². The SMILES string of the molecule is NC1(C(=O)O)CCCC(OCC2CCCC2)C1. The molecule has 4 heteroatoms. The van der Waals surface area contributed by atoms with Gasteiger partial charge in [-0.15, -0.1) is 0 Å². The lowest BCUT2D eigenvalue weighted by Crippen LogP contribution is -2.52. The highest BCUT2D eigenvalue weighted by atomic mass is 16.5. The van der Waals surface area contributed by atoms with Crippen molar-refractivity contribution in [1.29, 1.82) is 0 Å². The topological polar surface area (TPSA) is 72.6 Å². The first-order chi connectivity index (χ1) is 8.10. The molecular formula is C13H23NO3. The average Bonchev–Trinajstić information content (AvgIpc) is 2.79. The van der Waals surface area contributed by atoms with Crippen LogP contribution < -0.4 is 5.73 Å². The molecule has 0 heterocycles. The van der Waals surface area contributed by atoms with E-state index in [1.54, 1.807) is 0 Å². The standard InChI is InChI=1S/C13H23NO3/c14-13(12(15)16)7-3-6-11(8-13)17-9-10-4-1-2-5-10/h10-11H,1-9,14H2,(H,15,16). The molecule has 0 spiro atoms. The summed E-state index contributed by atoms with van der Waals surface area (Å²) in [5.74, 6) is -0.194. The lowest BCUT2D eigenvalue weighted by atomic mass is 9.81. The maximum Gasteiger partial charge on any atom is 0.323 e. The summed E-state index contributed by atoms with van der Waals surface area (Å²) in [7, 11) is 0. The van der Waals surface area contributed by atoms with Gasteiger partial charge in [-0.2, -0.15) is 0 Å². The number of aliphatic carboxylic acids is 1. The molecule has 98 valence electrons. The van der Waals surface area contributed by atoms with Crippen LogP contribution in [0.15, 0.2) is 0 Å². The quantitative estimate of drug-likeness (QED) is 0.788. The van der Waals surface area contributed by atoms with Crippen molar-refractivity contribution >= 4 is 5.97 Å². The second-order valence-electron chi connectivity index (χ2n) is 5.66. The highest BCUT2D eigenvalue weighted by Crippen LogP contribution is 2.30. The van der Waals surface area contributed by atoms with Crippen molar-refractivity contribution in [3.63, 3.8) is 0 Å². The molecule has 4 nitrogen and oxygen atoms in total. The fourth-order valence-electron chi connectivity index (χ4n) is 3.04. The Labute approximate surface area is 103 Å². The average molecular weight is 241 g/mol. The smallest absolute Gasteiger partial charge is 0.323 e. The van der Waals surface area contributed by atoms with Crippen LogP contribution in [0.2, 0.25) is 0 Å². The second-order valence-corrected chi connectivity index (χ2v) is 5.66. The molecule has 0 aromatic rings. The molecule has 2 aliphatic rings. The van der Waals surface area contributed by atoms with Crippen molar-refractivity contribution < 1.29 is 14.6 Å². The fourth-order valence-corrected chi connectivity index (χ4v) is 3.04. The predicted octanol–water partition coefficient (Wildman–Crippen LogP) is 1.92. The Balaban J connectivity index is 1.78. The molecule has 2 atom stereocenters. The van der Waals surface area contributed by atoms with Gasteiger partial charge in [0.05, 0.1) is 6.10 Å². The van der Waals surface area contributed by atoms with Crippen molar-refractivity contribution in [1.82, 2.24) is 0 Å². The number of hydrogen-bond donors (Lipinski definition) is 2. The van der Waals surface area contributed by atoms with E-state index in [0.717, 1.165) is 19.4 Å². The van der Waals surface area contributed by atoms with Crippen molar-refractivity contribution in [3.05, 3.63) is 0 Å². The van der Waals surface area contributed by atoms with E-state index < -0.39 is 11.5 Å². The molecule has 2 rings (SSSR count). The molecule has 2 fully saturated rings. The molecule has 2 aliphatic carbocycles. The first kappa shape index (κ1) is 12.8. The third-order valence-electron chi connectivity index (χ3n) is 4.21. The summed E-state index contributed by atoms with van der Waals surface area (Å²) in [5.41, 5.74) is 4.84. The monoisotopic (exact) mass is 241 g/mol. The number of hydrogen-bond acceptors (Lipinski definition) is 3. The number of nitrogens with two attached hydrogens (primary N) is 1. The summed E-state index contributed by atoms with van der Waals surface area (Å²) < 4.78 is 5.87. The third kappa shape index (κ3) is 3.19. The summed E-state index contributed by atoms with van der Waals surface area (Å²) in [6.07, 6.45) is 8.06. The van der Waals surface area contributed by atoms with Gasteiger partial charge >= 0.3 is 5.97 Å². The minimum Gasteiger partial charge on any atom is -0.480 e. The zero-order valence-corrected chi connectivity index (χ0v) is 10.4. The summed E-state index contributed by atoms with van der Waals surface area (Å²) in [6.45, 7) is 0.792. The molecule has 0 aliphatic heterocycles. The van der Waals surface area contributed by atoms with E-state index in [4.69, 9.17) is 15.6 Å². The molecule has 3 N–H and O–H groups in total. The Morgan fingerprint density at radius 2 is 2.00 bits per heavy atom. The largest absolute Gasteiger partial charge is 0.480 e. The van der Waals surface area contributed by atoms with E-state index in [2.05, 4.69) is 0 Å². The predicted molar refractivity (Wildman–Crippen MR) is 64.7 cm³/mol. The highest BCUT2D eigenvalue weighted by Gasteiger charge is 2.39. The Kier molecular flexibility index (Phi) is 4.05. The summed E-state index contributed by atoms with van der Waals surface area (Å²) in [4.78, 5) is 11.1. The number of rotatable bonds is 4. The van der Waals surface area contributed by atoms with E-state index in [-0.39, 0.29) is 6.10 Å². The van der Waals surface area contributed by atoms with E-state index in [1.165, 1.54) is 25.7 Å². The zero-order chi connectivity index (χ0) is 12.3. The Morgan fingerprint density at radius 1 is 1.29 bits per heavy atom. The number of carbonyl (C=O) groups is 1. The van der Waals surface area contributed by atoms with Crippen LogP contribution in [0.5, 0.6) is 0 Å². The van der Waals surface area contributed by atoms with E-state index in [1.807, 2.05) is 0 Å². The van der Waals surface area contributed by atoms with E-state index in [0.29, 0.717) is 18.8 Å². The molecule has 0 amide bonds. The van der Waals surface area contributed by atoms with Gasteiger partial charge in [0.25, 0.3) is 0 Å². The minimum absolute atomic E-state index is 0.0467. The van der Waals surface area contributed by atoms with E-state index in [9.17, 15) is 4.79 Å². The molecule has 17 heavy (non-hydrogen) atoms. The van der Waals surface area contributed by atoms with Crippen LogP contribution >= 0.6 is 0 Å². The van der Waals surface area contributed by atoms with Gasteiger partial charge in [0, 0.05) is 13.0 Å². The molecule has 0 aromatic carbocycles. The molecule has 0 aromatic heterocycles. The first-order valence-electron chi connectivity index (χ1n) is 6.74. The normalized spacial score (nSPS) is 35.0. The van der Waals surface area contributed by atoms with Crippen LogP contribution in [0, 0.1) is 5.92 Å². The summed E-state index contributed by atoms with van der Waals surface area (Å²) >= 11 is 0. The van der Waals surface area contributed by atoms with Crippen LogP contribution in [0.3, 0.4) is 0 Å². The summed E-state index contributed by atoms with van der Waals surface area (Å²) in [5, 5.41) is 9.11. The maximum absolute atomic E-state index is 11.1. The molecular weight excluding hydrogens is 218 g/mol. The maximum atomic E-state index is 11.1. The Bertz CT molecular complexity index is 276. The lowest BCUT2D eigenvalue weighted by molar-refractivity contribution is -0.147. The minimum atomic E-state index is -1.06. The van der Waals surface area contributed by atoms with Crippen LogP contribution in [-0.4, -0.2) is 29.3 Å². The molecule has 0 bridgehead atoms. The molecule has 2 saturated carbocycles. The van der Waals surface area contributed by atoms with Gasteiger partial charge in [-0.1, -0.05) is 12.8 Å². The Hall–Kier alpha value is -0.610. The lowest BCUT2D eigenvalue weighted by Gasteiger charge is -2.34. The molecule has 0 radical (unpaired) electrons. The number of carboxylic acid groups (broad SMARTS) is 1. The van der Waals surface area contributed by atoms with Crippen LogP contribution in [0.1, 0.15) is 51.4 Å². The van der Waals surface area contributed by atoms with Gasteiger partial charge in [-0.05, 0) is 38.0 Å². The van der Waals surface area contributed by atoms with Crippen molar-refractivity contribution in [2.24, 2.45) is 11.7 Å². The first-order valence-corrected chi connectivity index (χ1v) is 6.74. The van der Waals surface area contributed by atoms with E-state index >= 15 is 0 Å². The van der Waals surface area contributed by atoms with Crippen LogP contribution in [0.25, 0.3) is 0 Å². The van der Waals surface area contributed by atoms with Crippen molar-refractivity contribution in [2.75, 3.05) is 6.61 Å². The molecule has 0 saturated heterocycles. The molecule has 2 unspecified atom stereocenters.